The lowest BCUT2D eigenvalue weighted by atomic mass is 10.2. The number of hydrogen-bond acceptors (Lipinski definition) is 5. The molecule has 0 spiro atoms. The van der Waals surface area contributed by atoms with Crippen LogP contribution in [-0.4, -0.2) is 17.1 Å². The van der Waals surface area contributed by atoms with E-state index in [0.29, 0.717) is 17.4 Å². The van der Waals surface area contributed by atoms with E-state index in [1.54, 1.807) is 6.21 Å². The number of nitrogens with zero attached hydrogens (tertiary/aromatic N) is 2. The number of aryl methyl sites for hydroxylation is 1. The second-order valence-corrected chi connectivity index (χ2v) is 7.16. The standard InChI is InChI=1S/C20H18ClN3O2S/c1-14-13-27-20(23-14)10-19(25)24-22-11-15-5-4-7-17(9-15)26-12-16-6-2-3-8-18(16)21/h2-9,11,13H,10,12H2,1H3,(H,24,25)/b22-11-. The highest BCUT2D eigenvalue weighted by Crippen LogP contribution is 2.19. The quantitative estimate of drug-likeness (QED) is 0.473. The molecule has 0 aliphatic carbocycles. The van der Waals surface area contributed by atoms with Gasteiger partial charge in [0.2, 0.25) is 5.91 Å². The summed E-state index contributed by atoms with van der Waals surface area (Å²) in [6.45, 7) is 2.28. The largest absolute Gasteiger partial charge is 0.489 e. The molecule has 0 unspecified atom stereocenters. The van der Waals surface area contributed by atoms with Crippen molar-refractivity contribution in [2.45, 2.75) is 20.0 Å². The van der Waals surface area contributed by atoms with Gasteiger partial charge in [-0.15, -0.1) is 11.3 Å². The minimum Gasteiger partial charge on any atom is -0.489 e. The number of hydrazone groups is 1. The maximum Gasteiger partial charge on any atom is 0.246 e. The molecule has 0 bridgehead atoms. The molecular weight excluding hydrogens is 382 g/mol. The molecule has 2 aromatic carbocycles. The highest BCUT2D eigenvalue weighted by molar-refractivity contribution is 7.09. The number of thiazole rings is 1. The summed E-state index contributed by atoms with van der Waals surface area (Å²) < 4.78 is 5.78. The molecular formula is C20H18ClN3O2S. The number of halogens is 1. The summed E-state index contributed by atoms with van der Waals surface area (Å²) in [4.78, 5) is 16.1. The monoisotopic (exact) mass is 399 g/mol. The van der Waals surface area contributed by atoms with Gasteiger partial charge < -0.3 is 4.74 Å². The smallest absolute Gasteiger partial charge is 0.246 e. The summed E-state index contributed by atoms with van der Waals surface area (Å²) >= 11 is 7.60. The van der Waals surface area contributed by atoms with Crippen molar-refractivity contribution in [3.8, 4) is 5.75 Å². The molecule has 1 amide bonds. The molecule has 1 N–H and O–H groups in total. The lowest BCUT2D eigenvalue weighted by Gasteiger charge is -2.08. The molecule has 138 valence electrons. The first-order valence-corrected chi connectivity index (χ1v) is 9.55. The zero-order valence-electron chi connectivity index (χ0n) is 14.7. The summed E-state index contributed by atoms with van der Waals surface area (Å²) in [6, 6.07) is 15.0. The van der Waals surface area contributed by atoms with Gasteiger partial charge in [-0.2, -0.15) is 5.10 Å². The first-order valence-electron chi connectivity index (χ1n) is 8.29. The van der Waals surface area contributed by atoms with Gasteiger partial charge in [-0.25, -0.2) is 10.4 Å². The minimum atomic E-state index is -0.202. The molecule has 0 aliphatic heterocycles. The molecule has 0 saturated heterocycles. The third-order valence-corrected chi connectivity index (χ3v) is 4.93. The number of amides is 1. The fraction of sp³-hybridized carbons (Fsp3) is 0.150. The van der Waals surface area contributed by atoms with Crippen molar-refractivity contribution in [3.05, 3.63) is 80.8 Å². The second-order valence-electron chi connectivity index (χ2n) is 5.81. The maximum atomic E-state index is 11.9. The Morgan fingerprint density at radius 2 is 2.15 bits per heavy atom. The fourth-order valence-electron chi connectivity index (χ4n) is 2.30. The third-order valence-electron chi connectivity index (χ3n) is 3.59. The first-order chi connectivity index (χ1) is 13.1. The predicted octanol–water partition coefficient (Wildman–Crippen LogP) is 4.38. The highest BCUT2D eigenvalue weighted by Gasteiger charge is 2.05. The van der Waals surface area contributed by atoms with Crippen LogP contribution >= 0.6 is 22.9 Å². The number of nitrogens with one attached hydrogen (secondary N) is 1. The Balaban J connectivity index is 1.53. The van der Waals surface area contributed by atoms with Crippen LogP contribution < -0.4 is 10.2 Å². The molecule has 27 heavy (non-hydrogen) atoms. The van der Waals surface area contributed by atoms with Gasteiger partial charge in [0.15, 0.2) is 0 Å². The molecule has 1 aromatic heterocycles. The van der Waals surface area contributed by atoms with Crippen LogP contribution in [0.15, 0.2) is 59.0 Å². The Morgan fingerprint density at radius 1 is 1.30 bits per heavy atom. The Labute approximate surface area is 166 Å². The zero-order chi connectivity index (χ0) is 19.1. The van der Waals surface area contributed by atoms with Crippen molar-refractivity contribution in [2.24, 2.45) is 5.10 Å². The van der Waals surface area contributed by atoms with Crippen LogP contribution in [0.3, 0.4) is 0 Å². The van der Waals surface area contributed by atoms with E-state index >= 15 is 0 Å². The van der Waals surface area contributed by atoms with Gasteiger partial charge in [-0.05, 0) is 30.7 Å². The number of carbonyl (C=O) groups excluding carboxylic acids is 1. The van der Waals surface area contributed by atoms with E-state index < -0.39 is 0 Å². The Kier molecular flexibility index (Phi) is 6.57. The van der Waals surface area contributed by atoms with Gasteiger partial charge >= 0.3 is 0 Å². The lowest BCUT2D eigenvalue weighted by molar-refractivity contribution is -0.120. The van der Waals surface area contributed by atoms with E-state index in [0.717, 1.165) is 21.8 Å². The average Bonchev–Trinajstić information content (AvgIpc) is 3.06. The van der Waals surface area contributed by atoms with Crippen molar-refractivity contribution in [1.82, 2.24) is 10.4 Å². The molecule has 0 saturated carbocycles. The molecule has 1 heterocycles. The van der Waals surface area contributed by atoms with Crippen LogP contribution in [0.4, 0.5) is 0 Å². The van der Waals surface area contributed by atoms with Crippen molar-refractivity contribution in [2.75, 3.05) is 0 Å². The molecule has 7 heteroatoms. The van der Waals surface area contributed by atoms with Gasteiger partial charge in [0.25, 0.3) is 0 Å². The topological polar surface area (TPSA) is 63.6 Å². The maximum absolute atomic E-state index is 11.9. The molecule has 0 atom stereocenters. The number of rotatable bonds is 7. The average molecular weight is 400 g/mol. The summed E-state index contributed by atoms with van der Waals surface area (Å²) in [6.07, 6.45) is 1.80. The molecule has 0 radical (unpaired) electrons. The van der Waals surface area contributed by atoms with E-state index in [4.69, 9.17) is 16.3 Å². The van der Waals surface area contributed by atoms with E-state index in [2.05, 4.69) is 15.5 Å². The minimum absolute atomic E-state index is 0.202. The summed E-state index contributed by atoms with van der Waals surface area (Å²) in [5.41, 5.74) is 5.17. The van der Waals surface area contributed by atoms with Crippen molar-refractivity contribution >= 4 is 35.1 Å². The zero-order valence-corrected chi connectivity index (χ0v) is 16.3. The van der Waals surface area contributed by atoms with Gasteiger partial charge in [0.1, 0.15) is 17.4 Å². The van der Waals surface area contributed by atoms with Crippen LogP contribution in [0.25, 0.3) is 0 Å². The van der Waals surface area contributed by atoms with Crippen LogP contribution in [0.2, 0.25) is 5.02 Å². The third kappa shape index (κ3) is 5.91. The van der Waals surface area contributed by atoms with Crippen LogP contribution in [-0.2, 0) is 17.8 Å². The van der Waals surface area contributed by atoms with Gasteiger partial charge in [-0.1, -0.05) is 41.9 Å². The van der Waals surface area contributed by atoms with Gasteiger partial charge in [0.05, 0.1) is 12.6 Å². The second kappa shape index (κ2) is 9.30. The molecule has 3 rings (SSSR count). The number of carbonyl (C=O) groups is 1. The normalized spacial score (nSPS) is 10.9. The Hall–Kier alpha value is -2.70. The van der Waals surface area contributed by atoms with Crippen LogP contribution in [0, 0.1) is 6.92 Å². The lowest BCUT2D eigenvalue weighted by Crippen LogP contribution is -2.19. The Bertz CT molecular complexity index is 956. The van der Waals surface area contributed by atoms with E-state index in [-0.39, 0.29) is 12.3 Å². The van der Waals surface area contributed by atoms with Crippen molar-refractivity contribution < 1.29 is 9.53 Å². The van der Waals surface area contributed by atoms with Crippen LogP contribution in [0.1, 0.15) is 21.8 Å². The number of benzene rings is 2. The van der Waals surface area contributed by atoms with Crippen LogP contribution in [0.5, 0.6) is 5.75 Å². The van der Waals surface area contributed by atoms with Crippen molar-refractivity contribution in [1.29, 1.82) is 0 Å². The highest BCUT2D eigenvalue weighted by atomic mass is 35.5. The van der Waals surface area contributed by atoms with E-state index in [1.807, 2.05) is 60.8 Å². The summed E-state index contributed by atoms with van der Waals surface area (Å²) in [7, 11) is 0. The van der Waals surface area contributed by atoms with Gasteiger partial charge in [0, 0.05) is 21.7 Å². The molecule has 5 nitrogen and oxygen atoms in total. The SMILES string of the molecule is Cc1csc(CC(=O)N/N=C\c2cccc(OCc3ccccc3Cl)c2)n1. The van der Waals surface area contributed by atoms with Gasteiger partial charge in [-0.3, -0.25) is 4.79 Å². The fourth-order valence-corrected chi connectivity index (χ4v) is 3.26. The van der Waals surface area contributed by atoms with E-state index in [1.165, 1.54) is 11.3 Å². The summed E-state index contributed by atoms with van der Waals surface area (Å²) in [5.74, 6) is 0.496. The van der Waals surface area contributed by atoms with E-state index in [9.17, 15) is 4.79 Å². The number of ether oxygens (including phenoxy) is 1. The number of hydrogen-bond donors (Lipinski definition) is 1. The molecule has 0 aliphatic rings. The molecule has 3 aromatic rings. The Morgan fingerprint density at radius 3 is 2.93 bits per heavy atom. The summed E-state index contributed by atoms with van der Waals surface area (Å²) in [5, 5.41) is 7.36. The van der Waals surface area contributed by atoms with Crippen molar-refractivity contribution in [3.63, 3.8) is 0 Å². The number of aromatic nitrogens is 1. The predicted molar refractivity (Wildman–Crippen MR) is 109 cm³/mol. The molecule has 0 fully saturated rings. The first kappa shape index (κ1) is 19.1.